The van der Waals surface area contributed by atoms with E-state index in [1.807, 2.05) is 30.3 Å². The summed E-state index contributed by atoms with van der Waals surface area (Å²) in [5.41, 5.74) is -4.25. The predicted octanol–water partition coefficient (Wildman–Crippen LogP) is 4.39. The first kappa shape index (κ1) is 30.9. The van der Waals surface area contributed by atoms with Gasteiger partial charge in [0.2, 0.25) is 11.8 Å². The van der Waals surface area contributed by atoms with Gasteiger partial charge in [-0.05, 0) is 66.7 Å². The average Bonchev–Trinajstić information content (AvgIpc) is 3.38. The molecule has 3 amide bonds. The van der Waals surface area contributed by atoms with Crippen LogP contribution in [0.5, 0.6) is 0 Å². The number of nitriles is 1. The smallest absolute Gasteiger partial charge is 0.340 e. The van der Waals surface area contributed by atoms with Crippen molar-refractivity contribution in [3.63, 3.8) is 0 Å². The SMILES string of the molecule is N#C[C@H]1CN(C(=O)[C@@H]2CC[C@@H]3[C@H]4C[C@H]4C[C@H](NC(=O)c4cc5cc(C(F)(F)P(=O)(O)O)ccc5s4)C(=O)N32)C[C@@H]1c1ccccc1. The Morgan fingerprint density at radius 3 is 2.54 bits per heavy atom. The molecule has 1 saturated carbocycles. The number of nitrogens with one attached hydrogen (secondary N) is 1. The highest BCUT2D eigenvalue weighted by Crippen LogP contribution is 2.59. The number of hydrogen-bond acceptors (Lipinski definition) is 6. The summed E-state index contributed by atoms with van der Waals surface area (Å²) in [6, 6.07) is 14.9. The van der Waals surface area contributed by atoms with E-state index >= 15 is 0 Å². The molecule has 2 aromatic carbocycles. The van der Waals surface area contributed by atoms with Crippen LogP contribution < -0.4 is 5.32 Å². The molecule has 3 aromatic rings. The normalized spacial score (nSPS) is 29.2. The molecule has 1 aromatic heterocycles. The lowest BCUT2D eigenvalue weighted by Gasteiger charge is -2.33. The summed E-state index contributed by atoms with van der Waals surface area (Å²) in [7, 11) is -5.76. The number of carbonyl (C=O) groups excluding carboxylic acids is 3. The van der Waals surface area contributed by atoms with Crippen molar-refractivity contribution in [3.05, 3.63) is 70.6 Å². The number of rotatable bonds is 6. The highest BCUT2D eigenvalue weighted by molar-refractivity contribution is 7.52. The minimum atomic E-state index is -5.76. The molecule has 240 valence electrons. The Bertz CT molecular complexity index is 1830. The monoisotopic (exact) mass is 668 g/mol. The number of nitrogens with zero attached hydrogens (tertiary/aromatic N) is 3. The van der Waals surface area contributed by atoms with Crippen molar-refractivity contribution >= 4 is 46.7 Å². The zero-order valence-corrected chi connectivity index (χ0v) is 26.2. The zero-order chi connectivity index (χ0) is 32.5. The Morgan fingerprint density at radius 1 is 1.07 bits per heavy atom. The quantitative estimate of drug-likeness (QED) is 0.330. The Morgan fingerprint density at radius 2 is 1.83 bits per heavy atom. The largest absolute Gasteiger partial charge is 0.399 e. The van der Waals surface area contributed by atoms with Crippen molar-refractivity contribution < 1.29 is 37.5 Å². The first-order chi connectivity index (χ1) is 21.9. The Kier molecular flexibility index (Phi) is 7.55. The second-order valence-electron chi connectivity index (χ2n) is 12.8. The third-order valence-electron chi connectivity index (χ3n) is 10.1. The lowest BCUT2D eigenvalue weighted by atomic mass is 9.90. The van der Waals surface area contributed by atoms with Gasteiger partial charge in [0.15, 0.2) is 0 Å². The molecule has 3 N–H and O–H groups in total. The van der Waals surface area contributed by atoms with Gasteiger partial charge in [-0.3, -0.25) is 18.9 Å². The number of fused-ring (bicyclic) bond motifs is 4. The number of hydrogen-bond donors (Lipinski definition) is 3. The van der Waals surface area contributed by atoms with Crippen LogP contribution in [0.2, 0.25) is 0 Å². The number of thiophene rings is 1. The number of halogens is 2. The Hall–Kier alpha value is -3.69. The molecule has 46 heavy (non-hydrogen) atoms. The van der Waals surface area contributed by atoms with Gasteiger partial charge in [-0.15, -0.1) is 11.3 Å². The molecule has 3 aliphatic heterocycles. The van der Waals surface area contributed by atoms with Gasteiger partial charge in [0, 0.05) is 35.3 Å². The van der Waals surface area contributed by atoms with Crippen molar-refractivity contribution in [2.45, 2.75) is 55.4 Å². The van der Waals surface area contributed by atoms with Gasteiger partial charge in [-0.25, -0.2) is 0 Å². The summed E-state index contributed by atoms with van der Waals surface area (Å²) < 4.78 is 40.4. The molecule has 7 atom stereocenters. The summed E-state index contributed by atoms with van der Waals surface area (Å²) in [4.78, 5) is 63.2. The minimum absolute atomic E-state index is 0.0916. The molecule has 7 rings (SSSR count). The Labute approximate surface area is 267 Å². The average molecular weight is 669 g/mol. The number of carbonyl (C=O) groups is 3. The molecule has 14 heteroatoms. The van der Waals surface area contributed by atoms with Gasteiger partial charge in [0.05, 0.1) is 16.9 Å². The second kappa shape index (κ2) is 11.2. The van der Waals surface area contributed by atoms with Crippen LogP contribution in [0.25, 0.3) is 10.1 Å². The van der Waals surface area contributed by atoms with Crippen molar-refractivity contribution in [3.8, 4) is 6.07 Å². The lowest BCUT2D eigenvalue weighted by Crippen LogP contribution is -2.55. The van der Waals surface area contributed by atoms with Crippen LogP contribution in [0.1, 0.15) is 52.4 Å². The topological polar surface area (TPSA) is 151 Å². The first-order valence-electron chi connectivity index (χ1n) is 15.2. The maximum Gasteiger partial charge on any atom is 0.399 e. The van der Waals surface area contributed by atoms with Crippen LogP contribution in [0.3, 0.4) is 0 Å². The predicted molar refractivity (Wildman–Crippen MR) is 164 cm³/mol. The van der Waals surface area contributed by atoms with Gasteiger partial charge in [-0.2, -0.15) is 14.0 Å². The molecule has 4 heterocycles. The fraction of sp³-hybridized carbons (Fsp3) is 0.438. The fourth-order valence-corrected chi connectivity index (χ4v) is 9.06. The molecule has 4 aliphatic rings. The summed E-state index contributed by atoms with van der Waals surface area (Å²) in [6.45, 7) is 0.683. The highest BCUT2D eigenvalue weighted by atomic mass is 32.1. The van der Waals surface area contributed by atoms with Gasteiger partial charge < -0.3 is 24.9 Å². The summed E-state index contributed by atoms with van der Waals surface area (Å²) in [5, 5.41) is 12.9. The number of likely N-dealkylation sites (tertiary alicyclic amines) is 1. The van der Waals surface area contributed by atoms with Gasteiger partial charge in [-0.1, -0.05) is 36.4 Å². The van der Waals surface area contributed by atoms with Crippen molar-refractivity contribution in [2.75, 3.05) is 13.1 Å². The third kappa shape index (κ3) is 5.21. The maximum absolute atomic E-state index is 14.3. The summed E-state index contributed by atoms with van der Waals surface area (Å²) in [5.74, 6) is -1.05. The van der Waals surface area contributed by atoms with E-state index in [9.17, 15) is 33.0 Å². The van der Waals surface area contributed by atoms with Crippen molar-refractivity contribution in [1.29, 1.82) is 5.26 Å². The molecule has 3 saturated heterocycles. The van der Waals surface area contributed by atoms with Crippen molar-refractivity contribution in [1.82, 2.24) is 15.1 Å². The molecule has 10 nitrogen and oxygen atoms in total. The highest BCUT2D eigenvalue weighted by Gasteiger charge is 2.57. The fourth-order valence-electron chi connectivity index (χ4n) is 7.64. The van der Waals surface area contributed by atoms with Gasteiger partial charge >= 0.3 is 13.3 Å². The number of amides is 3. The van der Waals surface area contributed by atoms with Crippen LogP contribution in [0.15, 0.2) is 54.6 Å². The van der Waals surface area contributed by atoms with E-state index in [1.165, 1.54) is 12.1 Å². The van der Waals surface area contributed by atoms with Crippen LogP contribution in [-0.4, -0.2) is 68.5 Å². The molecule has 0 spiro atoms. The molecular weight excluding hydrogens is 637 g/mol. The molecule has 0 bridgehead atoms. The molecule has 0 unspecified atom stereocenters. The van der Waals surface area contributed by atoms with Gasteiger partial charge in [0.1, 0.15) is 12.1 Å². The van der Waals surface area contributed by atoms with E-state index in [-0.39, 0.29) is 58.3 Å². The van der Waals surface area contributed by atoms with E-state index in [1.54, 1.807) is 9.80 Å². The maximum atomic E-state index is 14.3. The lowest BCUT2D eigenvalue weighted by molar-refractivity contribution is -0.145. The molecular formula is C32H31F2N4O6PS. The standard InChI is InChI=1S/C32H31F2N4O6PS/c33-32(34,45(42,43)44)21-6-9-27-19(10-21)13-28(46-27)29(39)36-24-12-18-11-22(18)25-7-8-26(38(25)30(24)40)31(41)37-15-20(14-35)23(16-37)17-4-2-1-3-5-17/h1-6,9-10,13,18,20,22-26H,7-8,11-12,15-16H2,(H,36,39)(H2,42,43,44)/t18-,20-,22-,23+,24-,25+,26-/m0/s1. The van der Waals surface area contributed by atoms with Gasteiger partial charge in [0.25, 0.3) is 5.91 Å². The van der Waals surface area contributed by atoms with Crippen LogP contribution in [0, 0.1) is 29.1 Å². The van der Waals surface area contributed by atoms with Crippen LogP contribution in [-0.2, 0) is 19.8 Å². The Balaban J connectivity index is 1.09. The van der Waals surface area contributed by atoms with Crippen LogP contribution >= 0.6 is 18.9 Å². The zero-order valence-electron chi connectivity index (χ0n) is 24.5. The van der Waals surface area contributed by atoms with E-state index in [0.29, 0.717) is 30.5 Å². The van der Waals surface area contributed by atoms with E-state index in [0.717, 1.165) is 35.5 Å². The molecule has 0 radical (unpaired) electrons. The van der Waals surface area contributed by atoms with E-state index in [2.05, 4.69) is 11.4 Å². The van der Waals surface area contributed by atoms with E-state index in [4.69, 9.17) is 9.79 Å². The summed E-state index contributed by atoms with van der Waals surface area (Å²) in [6.07, 6.45) is 2.54. The number of alkyl halides is 2. The number of benzene rings is 2. The summed E-state index contributed by atoms with van der Waals surface area (Å²) >= 11 is 1.02. The molecule has 4 fully saturated rings. The third-order valence-corrected chi connectivity index (χ3v) is 12.2. The first-order valence-corrected chi connectivity index (χ1v) is 17.6. The minimum Gasteiger partial charge on any atom is -0.340 e. The molecule has 1 aliphatic carbocycles. The van der Waals surface area contributed by atoms with Crippen LogP contribution in [0.4, 0.5) is 8.78 Å². The van der Waals surface area contributed by atoms with Crippen molar-refractivity contribution in [2.24, 2.45) is 17.8 Å². The van der Waals surface area contributed by atoms with E-state index < -0.39 is 36.8 Å². The second-order valence-corrected chi connectivity index (χ2v) is 15.5.